The zero-order chi connectivity index (χ0) is 21.6. The van der Waals surface area contributed by atoms with Crippen LogP contribution in [0.1, 0.15) is 17.7 Å². The maximum absolute atomic E-state index is 6.36. The summed E-state index contributed by atoms with van der Waals surface area (Å²) in [5.74, 6) is 1.28. The van der Waals surface area contributed by atoms with Crippen molar-refractivity contribution in [3.05, 3.63) is 65.3 Å². The van der Waals surface area contributed by atoms with Gasteiger partial charge in [-0.25, -0.2) is 14.5 Å². The molecule has 4 rings (SSSR count). The number of ether oxygens (including phenoxy) is 3. The molecular weight excluding hydrogens is 418 g/mol. The molecule has 8 nitrogen and oxygen atoms in total. The van der Waals surface area contributed by atoms with Crippen LogP contribution < -0.4 is 9.47 Å². The van der Waals surface area contributed by atoms with E-state index in [4.69, 9.17) is 25.8 Å². The number of rotatable bonds is 9. The molecule has 0 spiro atoms. The molecule has 0 aliphatic carbocycles. The molecule has 0 bridgehead atoms. The molecule has 3 aromatic heterocycles. The highest BCUT2D eigenvalue weighted by molar-refractivity contribution is 6.32. The van der Waals surface area contributed by atoms with E-state index in [9.17, 15) is 0 Å². The van der Waals surface area contributed by atoms with E-state index in [0.29, 0.717) is 30.1 Å². The minimum atomic E-state index is 0.215. The van der Waals surface area contributed by atoms with E-state index in [1.807, 2.05) is 37.3 Å². The summed E-state index contributed by atoms with van der Waals surface area (Å²) in [7, 11) is 1.68. The van der Waals surface area contributed by atoms with Crippen LogP contribution in [0.5, 0.6) is 11.8 Å². The normalized spacial score (nSPS) is 11.1. The van der Waals surface area contributed by atoms with Crippen molar-refractivity contribution >= 4 is 22.6 Å². The number of hydrogen-bond acceptors (Lipinski definition) is 7. The molecule has 0 N–H and O–H groups in total. The van der Waals surface area contributed by atoms with Crippen LogP contribution in [0, 0.1) is 6.92 Å². The minimum Gasteiger partial charge on any atom is -0.493 e. The second-order valence-corrected chi connectivity index (χ2v) is 7.18. The van der Waals surface area contributed by atoms with Gasteiger partial charge in [-0.3, -0.25) is 4.98 Å². The number of methoxy groups -OCH3 is 1. The first kappa shape index (κ1) is 21.0. The van der Waals surface area contributed by atoms with Gasteiger partial charge in [0.05, 0.1) is 29.5 Å². The highest BCUT2D eigenvalue weighted by Crippen LogP contribution is 2.29. The van der Waals surface area contributed by atoms with E-state index in [2.05, 4.69) is 19.9 Å². The van der Waals surface area contributed by atoms with Crippen molar-refractivity contribution in [2.24, 2.45) is 0 Å². The lowest BCUT2D eigenvalue weighted by Gasteiger charge is -2.13. The van der Waals surface area contributed by atoms with Crippen LogP contribution in [0.2, 0.25) is 5.02 Å². The summed E-state index contributed by atoms with van der Waals surface area (Å²) in [6.07, 6.45) is 5.50. The molecule has 1 aromatic carbocycles. The lowest BCUT2D eigenvalue weighted by atomic mass is 10.2. The molecule has 4 aromatic rings. The SMILES string of the molecule is COCCCOc1ccnc(COc2nc3ccccc3n2-c2ncncc2Cl)c1C. The highest BCUT2D eigenvalue weighted by Gasteiger charge is 2.18. The van der Waals surface area contributed by atoms with Gasteiger partial charge in [0.2, 0.25) is 0 Å². The largest absolute Gasteiger partial charge is 0.493 e. The Labute approximate surface area is 184 Å². The monoisotopic (exact) mass is 439 g/mol. The Balaban J connectivity index is 1.60. The molecule has 0 saturated carbocycles. The van der Waals surface area contributed by atoms with E-state index in [-0.39, 0.29) is 6.61 Å². The van der Waals surface area contributed by atoms with Crippen LogP contribution in [0.4, 0.5) is 0 Å². The summed E-state index contributed by atoms with van der Waals surface area (Å²) < 4.78 is 18.8. The van der Waals surface area contributed by atoms with Crippen molar-refractivity contribution in [2.45, 2.75) is 20.0 Å². The summed E-state index contributed by atoms with van der Waals surface area (Å²) in [5.41, 5.74) is 3.28. The average molecular weight is 440 g/mol. The molecule has 0 unspecified atom stereocenters. The molecule has 0 atom stereocenters. The van der Waals surface area contributed by atoms with Crippen LogP contribution in [-0.4, -0.2) is 44.8 Å². The lowest BCUT2D eigenvalue weighted by molar-refractivity contribution is 0.171. The number of nitrogens with zero attached hydrogens (tertiary/aromatic N) is 5. The summed E-state index contributed by atoms with van der Waals surface area (Å²) >= 11 is 6.36. The van der Waals surface area contributed by atoms with Gasteiger partial charge in [0.25, 0.3) is 0 Å². The van der Waals surface area contributed by atoms with Crippen LogP contribution in [0.25, 0.3) is 16.9 Å². The number of aromatic nitrogens is 5. The molecule has 0 saturated heterocycles. The van der Waals surface area contributed by atoms with E-state index in [1.165, 1.54) is 6.33 Å². The molecular formula is C22H22ClN5O3. The van der Waals surface area contributed by atoms with E-state index in [0.717, 1.165) is 34.5 Å². The third-order valence-electron chi connectivity index (χ3n) is 4.74. The number of hydrogen-bond donors (Lipinski definition) is 0. The summed E-state index contributed by atoms with van der Waals surface area (Å²) in [4.78, 5) is 17.4. The Morgan fingerprint density at radius 2 is 1.94 bits per heavy atom. The lowest BCUT2D eigenvalue weighted by Crippen LogP contribution is -2.08. The third-order valence-corrected chi connectivity index (χ3v) is 5.00. The number of benzene rings is 1. The molecule has 160 valence electrons. The van der Waals surface area contributed by atoms with Gasteiger partial charge in [-0.1, -0.05) is 23.7 Å². The van der Waals surface area contributed by atoms with Crippen molar-refractivity contribution in [2.75, 3.05) is 20.3 Å². The number of imidazole rings is 1. The van der Waals surface area contributed by atoms with Crippen molar-refractivity contribution in [3.63, 3.8) is 0 Å². The molecule has 31 heavy (non-hydrogen) atoms. The molecule has 0 radical (unpaired) electrons. The molecule has 0 fully saturated rings. The Kier molecular flexibility index (Phi) is 6.59. The summed E-state index contributed by atoms with van der Waals surface area (Å²) in [5, 5.41) is 0.399. The fourth-order valence-electron chi connectivity index (χ4n) is 3.16. The van der Waals surface area contributed by atoms with Crippen LogP contribution in [0.15, 0.2) is 49.1 Å². The zero-order valence-corrected chi connectivity index (χ0v) is 18.0. The number of fused-ring (bicyclic) bond motifs is 1. The third kappa shape index (κ3) is 4.60. The van der Waals surface area contributed by atoms with Gasteiger partial charge in [-0.05, 0) is 25.1 Å². The first-order valence-electron chi connectivity index (χ1n) is 9.81. The number of pyridine rings is 1. The molecule has 3 heterocycles. The Bertz CT molecular complexity index is 1180. The van der Waals surface area contributed by atoms with Gasteiger partial charge in [0.15, 0.2) is 5.82 Å². The van der Waals surface area contributed by atoms with Crippen LogP contribution in [0.3, 0.4) is 0 Å². The molecule has 9 heteroatoms. The first-order valence-corrected chi connectivity index (χ1v) is 10.2. The second-order valence-electron chi connectivity index (χ2n) is 6.78. The van der Waals surface area contributed by atoms with Gasteiger partial charge in [-0.15, -0.1) is 0 Å². The summed E-state index contributed by atoms with van der Waals surface area (Å²) in [6, 6.07) is 9.91. The van der Waals surface area contributed by atoms with Crippen molar-refractivity contribution in [3.8, 4) is 17.6 Å². The van der Waals surface area contributed by atoms with Gasteiger partial charge >= 0.3 is 6.01 Å². The van der Waals surface area contributed by atoms with Crippen LogP contribution in [-0.2, 0) is 11.3 Å². The number of para-hydroxylation sites is 2. The quantitative estimate of drug-likeness (QED) is 0.362. The highest BCUT2D eigenvalue weighted by atomic mass is 35.5. The van der Waals surface area contributed by atoms with E-state index < -0.39 is 0 Å². The Morgan fingerprint density at radius 1 is 1.06 bits per heavy atom. The average Bonchev–Trinajstić information content (AvgIpc) is 3.15. The van der Waals surface area contributed by atoms with E-state index >= 15 is 0 Å². The summed E-state index contributed by atoms with van der Waals surface area (Å²) in [6.45, 7) is 3.40. The molecule has 0 amide bonds. The zero-order valence-electron chi connectivity index (χ0n) is 17.3. The minimum absolute atomic E-state index is 0.215. The van der Waals surface area contributed by atoms with Gasteiger partial charge in [0, 0.05) is 31.9 Å². The second kappa shape index (κ2) is 9.72. The standard InChI is InChI=1S/C22H22ClN5O3/c1-15-18(25-9-8-20(15)30-11-5-10-29-2)13-31-22-27-17-6-3-4-7-19(17)28(22)21-16(23)12-24-14-26-21/h3-4,6-9,12,14H,5,10-11,13H2,1-2H3. The van der Waals surface area contributed by atoms with Gasteiger partial charge in [0.1, 0.15) is 23.7 Å². The maximum atomic E-state index is 6.36. The Morgan fingerprint density at radius 3 is 2.77 bits per heavy atom. The molecule has 0 aliphatic heterocycles. The Hall–Kier alpha value is -3.23. The predicted molar refractivity (Wildman–Crippen MR) is 117 cm³/mol. The molecule has 0 aliphatic rings. The fraction of sp³-hybridized carbons (Fsp3) is 0.273. The van der Waals surface area contributed by atoms with Crippen molar-refractivity contribution in [1.29, 1.82) is 0 Å². The smallest absolute Gasteiger partial charge is 0.303 e. The van der Waals surface area contributed by atoms with E-state index in [1.54, 1.807) is 24.1 Å². The number of halogens is 1. The van der Waals surface area contributed by atoms with Crippen molar-refractivity contribution < 1.29 is 14.2 Å². The van der Waals surface area contributed by atoms with Crippen molar-refractivity contribution in [1.82, 2.24) is 24.5 Å². The van der Waals surface area contributed by atoms with Gasteiger partial charge in [-0.2, -0.15) is 4.98 Å². The maximum Gasteiger partial charge on any atom is 0.303 e. The predicted octanol–water partition coefficient (Wildman–Crippen LogP) is 4.17. The fourth-order valence-corrected chi connectivity index (χ4v) is 3.34. The van der Waals surface area contributed by atoms with Crippen LogP contribution >= 0.6 is 11.6 Å². The topological polar surface area (TPSA) is 84.2 Å². The first-order chi connectivity index (χ1) is 15.2. The van der Waals surface area contributed by atoms with Gasteiger partial charge < -0.3 is 14.2 Å².